The van der Waals surface area contributed by atoms with Gasteiger partial charge in [0, 0.05) is 18.7 Å². The fourth-order valence-electron chi connectivity index (χ4n) is 0.880. The largest absolute Gasteiger partial charge is 0.296 e. The van der Waals surface area contributed by atoms with E-state index in [-0.39, 0.29) is 0 Å². The van der Waals surface area contributed by atoms with Crippen molar-refractivity contribution >= 4 is 6.29 Å². The van der Waals surface area contributed by atoms with Crippen molar-refractivity contribution in [3.8, 4) is 12.5 Å². The number of imidazole rings is 1. The molecule has 1 aromatic heterocycles. The molecule has 1 rings (SSSR count). The third-order valence-corrected chi connectivity index (χ3v) is 1.38. The Labute approximate surface area is 70.7 Å². The van der Waals surface area contributed by atoms with E-state index in [1.165, 1.54) is 10.8 Å². The lowest BCUT2D eigenvalue weighted by Gasteiger charge is -1.92. The predicted molar refractivity (Wildman–Crippen MR) is 45.7 cm³/mol. The van der Waals surface area contributed by atoms with Crippen LogP contribution in [-0.4, -0.2) is 15.8 Å². The van der Waals surface area contributed by atoms with Crippen LogP contribution in [0.15, 0.2) is 18.9 Å². The second-order valence-electron chi connectivity index (χ2n) is 2.19. The molecule has 0 aliphatic carbocycles. The van der Waals surface area contributed by atoms with Gasteiger partial charge in [0.2, 0.25) is 0 Å². The van der Waals surface area contributed by atoms with Gasteiger partial charge in [0.15, 0.2) is 6.29 Å². The van der Waals surface area contributed by atoms with Crippen molar-refractivity contribution < 1.29 is 4.79 Å². The summed E-state index contributed by atoms with van der Waals surface area (Å²) in [6, 6.07) is 2.38. The number of allylic oxidation sites excluding steroid dienone is 1. The van der Waals surface area contributed by atoms with E-state index in [9.17, 15) is 4.79 Å². The minimum absolute atomic E-state index is 0.352. The molecule has 0 aliphatic rings. The zero-order chi connectivity index (χ0) is 8.97. The first-order valence-electron chi connectivity index (χ1n) is 3.42. The number of carbonyl (C=O) groups is 1. The highest BCUT2D eigenvalue weighted by molar-refractivity contribution is 5.71. The minimum Gasteiger partial charge on any atom is -0.296 e. The Bertz CT molecular complexity index is 344. The van der Waals surface area contributed by atoms with Gasteiger partial charge in [-0.25, -0.2) is 4.98 Å². The molecular weight excluding hydrogens is 152 g/mol. The molecule has 0 saturated heterocycles. The van der Waals surface area contributed by atoms with Gasteiger partial charge in [0.05, 0.1) is 0 Å². The van der Waals surface area contributed by atoms with Crippen LogP contribution in [0.4, 0.5) is 0 Å². The van der Waals surface area contributed by atoms with Crippen molar-refractivity contribution in [1.29, 1.82) is 0 Å². The molecule has 12 heavy (non-hydrogen) atoms. The Morgan fingerprint density at radius 2 is 2.58 bits per heavy atom. The average Bonchev–Trinajstić information content (AvgIpc) is 2.48. The van der Waals surface area contributed by atoms with Crippen LogP contribution in [0, 0.1) is 12.5 Å². The minimum atomic E-state index is 0.352. The van der Waals surface area contributed by atoms with E-state index in [1.54, 1.807) is 6.08 Å². The standard InChI is InChI=1S/C9H8N2O/c1-3-5-9-10-8(7-12)6-11(9)4-2/h2-3,6-7H,1,5H2. The maximum absolute atomic E-state index is 10.3. The molecule has 0 unspecified atom stereocenters. The van der Waals surface area contributed by atoms with Crippen molar-refractivity contribution in [2.45, 2.75) is 6.42 Å². The molecule has 1 heterocycles. The molecule has 3 heteroatoms. The van der Waals surface area contributed by atoms with Crippen LogP contribution in [0.5, 0.6) is 0 Å². The SMILES string of the molecule is C#Cn1cc(C=O)nc1CC=C. The zero-order valence-corrected chi connectivity index (χ0v) is 6.53. The Hall–Kier alpha value is -1.82. The van der Waals surface area contributed by atoms with Crippen molar-refractivity contribution in [3.63, 3.8) is 0 Å². The van der Waals surface area contributed by atoms with E-state index in [4.69, 9.17) is 6.42 Å². The topological polar surface area (TPSA) is 34.9 Å². The quantitative estimate of drug-likeness (QED) is 0.373. The maximum Gasteiger partial charge on any atom is 0.170 e. The van der Waals surface area contributed by atoms with E-state index in [0.717, 1.165) is 0 Å². The highest BCUT2D eigenvalue weighted by Crippen LogP contribution is 2.00. The number of nitrogens with zero attached hydrogens (tertiary/aromatic N) is 2. The van der Waals surface area contributed by atoms with Crippen molar-refractivity contribution in [2.75, 3.05) is 0 Å². The smallest absolute Gasteiger partial charge is 0.170 e. The first-order chi connectivity index (χ1) is 5.81. The summed E-state index contributed by atoms with van der Waals surface area (Å²) in [5.41, 5.74) is 0.352. The number of terminal acetylenes is 1. The Morgan fingerprint density at radius 1 is 1.83 bits per heavy atom. The van der Waals surface area contributed by atoms with Crippen LogP contribution in [0.2, 0.25) is 0 Å². The van der Waals surface area contributed by atoms with E-state index >= 15 is 0 Å². The highest BCUT2D eigenvalue weighted by Gasteiger charge is 2.02. The first-order valence-corrected chi connectivity index (χ1v) is 3.42. The summed E-state index contributed by atoms with van der Waals surface area (Å²) < 4.78 is 1.48. The lowest BCUT2D eigenvalue weighted by molar-refractivity contribution is 0.111. The number of rotatable bonds is 3. The van der Waals surface area contributed by atoms with E-state index in [2.05, 4.69) is 17.6 Å². The van der Waals surface area contributed by atoms with E-state index in [1.807, 2.05) is 0 Å². The molecule has 0 fully saturated rings. The van der Waals surface area contributed by atoms with Crippen LogP contribution >= 0.6 is 0 Å². The van der Waals surface area contributed by atoms with Crippen molar-refractivity contribution in [3.05, 3.63) is 30.4 Å². The Morgan fingerprint density at radius 3 is 3.08 bits per heavy atom. The van der Waals surface area contributed by atoms with Gasteiger partial charge < -0.3 is 0 Å². The highest BCUT2D eigenvalue weighted by atomic mass is 16.1. The zero-order valence-electron chi connectivity index (χ0n) is 6.53. The summed E-state index contributed by atoms with van der Waals surface area (Å²) in [4.78, 5) is 14.3. The van der Waals surface area contributed by atoms with Crippen LogP contribution < -0.4 is 0 Å². The first kappa shape index (κ1) is 8.28. The van der Waals surface area contributed by atoms with Crippen molar-refractivity contribution in [1.82, 2.24) is 9.55 Å². The Kier molecular flexibility index (Phi) is 2.44. The molecule has 0 amide bonds. The summed E-state index contributed by atoms with van der Waals surface area (Å²) in [6.07, 6.45) is 9.61. The molecular formula is C9H8N2O. The van der Waals surface area contributed by atoms with Crippen LogP contribution in [-0.2, 0) is 6.42 Å². The van der Waals surface area contributed by atoms with Gasteiger partial charge in [-0.1, -0.05) is 12.5 Å². The molecule has 60 valence electrons. The molecule has 0 radical (unpaired) electrons. The molecule has 0 aliphatic heterocycles. The van der Waals surface area contributed by atoms with Gasteiger partial charge in [-0.3, -0.25) is 9.36 Å². The molecule has 0 N–H and O–H groups in total. The predicted octanol–water partition coefficient (Wildman–Crippen LogP) is 0.863. The molecule has 0 spiro atoms. The monoisotopic (exact) mass is 160 g/mol. The lowest BCUT2D eigenvalue weighted by atomic mass is 10.4. The van der Waals surface area contributed by atoms with Crippen LogP contribution in [0.1, 0.15) is 16.3 Å². The molecule has 3 nitrogen and oxygen atoms in total. The molecule has 0 bridgehead atoms. The fourth-order valence-corrected chi connectivity index (χ4v) is 0.880. The second kappa shape index (κ2) is 3.54. The number of hydrogen-bond acceptors (Lipinski definition) is 2. The summed E-state index contributed by atoms with van der Waals surface area (Å²) in [5.74, 6) is 0.662. The van der Waals surface area contributed by atoms with Gasteiger partial charge in [-0.15, -0.1) is 6.58 Å². The van der Waals surface area contributed by atoms with Gasteiger partial charge in [-0.05, 0) is 0 Å². The summed E-state index contributed by atoms with van der Waals surface area (Å²) in [6.45, 7) is 3.56. The summed E-state index contributed by atoms with van der Waals surface area (Å²) in [7, 11) is 0. The molecule has 0 aromatic carbocycles. The third-order valence-electron chi connectivity index (χ3n) is 1.38. The molecule has 0 saturated carbocycles. The van der Waals surface area contributed by atoms with E-state index in [0.29, 0.717) is 24.2 Å². The Balaban J connectivity index is 3.09. The van der Waals surface area contributed by atoms with Crippen molar-refractivity contribution in [2.24, 2.45) is 0 Å². The maximum atomic E-state index is 10.3. The number of carbonyl (C=O) groups excluding carboxylic acids is 1. The third kappa shape index (κ3) is 1.43. The van der Waals surface area contributed by atoms with Gasteiger partial charge in [-0.2, -0.15) is 0 Å². The van der Waals surface area contributed by atoms with E-state index < -0.39 is 0 Å². The summed E-state index contributed by atoms with van der Waals surface area (Å²) >= 11 is 0. The van der Waals surface area contributed by atoms with Gasteiger partial charge in [0.1, 0.15) is 11.5 Å². The normalized spacial score (nSPS) is 8.92. The summed E-state index contributed by atoms with van der Waals surface area (Å²) in [5, 5.41) is 0. The van der Waals surface area contributed by atoms with Gasteiger partial charge >= 0.3 is 0 Å². The fraction of sp³-hybridized carbons (Fsp3) is 0.111. The average molecular weight is 160 g/mol. The number of aromatic nitrogens is 2. The number of aldehydes is 1. The molecule has 1 aromatic rings. The number of hydrogen-bond donors (Lipinski definition) is 0. The molecule has 0 atom stereocenters. The van der Waals surface area contributed by atoms with Crippen LogP contribution in [0.3, 0.4) is 0 Å². The van der Waals surface area contributed by atoms with Gasteiger partial charge in [0.25, 0.3) is 0 Å². The lowest BCUT2D eigenvalue weighted by Crippen LogP contribution is -1.94. The van der Waals surface area contributed by atoms with Crippen LogP contribution in [0.25, 0.3) is 0 Å². The second-order valence-corrected chi connectivity index (χ2v) is 2.19.